The number of hydrogen-bond donors (Lipinski definition) is 1. The molecule has 5 nitrogen and oxygen atoms in total. The Labute approximate surface area is 107 Å². The number of nitrogens with zero attached hydrogens (tertiary/aromatic N) is 2. The topological polar surface area (TPSA) is 64.0 Å². The first-order valence-electron chi connectivity index (χ1n) is 5.73. The minimum Gasteiger partial charge on any atom is -0.275 e. The van der Waals surface area contributed by atoms with Gasteiger partial charge in [0.15, 0.2) is 0 Å². The molecule has 98 valence electrons. The molecule has 0 fully saturated rings. The van der Waals surface area contributed by atoms with Crippen LogP contribution in [0.5, 0.6) is 0 Å². The number of rotatable bonds is 4. The van der Waals surface area contributed by atoms with Gasteiger partial charge in [0.2, 0.25) is 10.0 Å². The second-order valence-electron chi connectivity index (χ2n) is 4.58. The summed E-state index contributed by atoms with van der Waals surface area (Å²) in [5.41, 5.74) is 3.17. The molecule has 0 amide bonds. The first-order chi connectivity index (χ1) is 8.35. The number of sulfonamides is 1. The smallest absolute Gasteiger partial charge is 0.208 e. The molecule has 0 bridgehead atoms. The van der Waals surface area contributed by atoms with Gasteiger partial charge >= 0.3 is 0 Å². The Morgan fingerprint density at radius 1 is 1.39 bits per heavy atom. The van der Waals surface area contributed by atoms with E-state index >= 15 is 0 Å². The Morgan fingerprint density at radius 2 is 2.11 bits per heavy atom. The van der Waals surface area contributed by atoms with E-state index in [1.807, 2.05) is 20.2 Å². The Bertz CT molecular complexity index is 674. The van der Waals surface area contributed by atoms with E-state index in [1.165, 1.54) is 6.26 Å². The minimum atomic E-state index is -3.13. The van der Waals surface area contributed by atoms with Crippen LogP contribution in [0.3, 0.4) is 0 Å². The van der Waals surface area contributed by atoms with E-state index in [9.17, 15) is 8.42 Å². The molecule has 0 saturated carbocycles. The molecule has 0 spiro atoms. The van der Waals surface area contributed by atoms with Crippen molar-refractivity contribution in [1.29, 1.82) is 0 Å². The molecule has 0 saturated heterocycles. The molecule has 18 heavy (non-hydrogen) atoms. The lowest BCUT2D eigenvalue weighted by Crippen LogP contribution is -2.24. The molecule has 0 atom stereocenters. The van der Waals surface area contributed by atoms with Crippen molar-refractivity contribution in [2.75, 3.05) is 12.8 Å². The predicted molar refractivity (Wildman–Crippen MR) is 72.0 cm³/mol. The zero-order valence-corrected chi connectivity index (χ0v) is 11.6. The quantitative estimate of drug-likeness (QED) is 0.898. The number of fused-ring (bicyclic) bond motifs is 1. The zero-order chi connectivity index (χ0) is 13.3. The third-order valence-electron chi connectivity index (χ3n) is 2.70. The Balaban J connectivity index is 2.26. The number of nitrogens with one attached hydrogen (secondary N) is 1. The van der Waals surface area contributed by atoms with E-state index in [0.717, 1.165) is 22.0 Å². The van der Waals surface area contributed by atoms with E-state index in [4.69, 9.17) is 0 Å². The maximum Gasteiger partial charge on any atom is 0.208 e. The van der Waals surface area contributed by atoms with Crippen LogP contribution >= 0.6 is 0 Å². The molecule has 2 aromatic rings. The summed E-state index contributed by atoms with van der Waals surface area (Å²) in [5.74, 6) is 0. The molecule has 0 radical (unpaired) electrons. The fourth-order valence-electron chi connectivity index (χ4n) is 2.05. The summed E-state index contributed by atoms with van der Waals surface area (Å²) >= 11 is 0. The van der Waals surface area contributed by atoms with Gasteiger partial charge in [-0.25, -0.2) is 13.1 Å². The van der Waals surface area contributed by atoms with Crippen molar-refractivity contribution in [2.45, 2.75) is 13.3 Å². The highest BCUT2D eigenvalue weighted by Gasteiger charge is 2.07. The lowest BCUT2D eigenvalue weighted by atomic mass is 10.1. The molecular weight excluding hydrogens is 250 g/mol. The van der Waals surface area contributed by atoms with Crippen molar-refractivity contribution < 1.29 is 8.42 Å². The van der Waals surface area contributed by atoms with Gasteiger partial charge < -0.3 is 0 Å². The van der Waals surface area contributed by atoms with Crippen molar-refractivity contribution in [2.24, 2.45) is 7.05 Å². The van der Waals surface area contributed by atoms with Crippen LogP contribution in [0.4, 0.5) is 0 Å². The number of benzene rings is 1. The third kappa shape index (κ3) is 3.08. The van der Waals surface area contributed by atoms with Crippen LogP contribution in [-0.2, 0) is 23.5 Å². The lowest BCUT2D eigenvalue weighted by molar-refractivity contribution is 0.588. The molecule has 2 rings (SSSR count). The summed E-state index contributed by atoms with van der Waals surface area (Å²) in [5, 5.41) is 5.50. The summed E-state index contributed by atoms with van der Waals surface area (Å²) in [7, 11) is -1.25. The maximum atomic E-state index is 11.0. The van der Waals surface area contributed by atoms with Crippen LogP contribution in [0.2, 0.25) is 0 Å². The summed E-state index contributed by atoms with van der Waals surface area (Å²) in [4.78, 5) is 0. The molecule has 0 aliphatic heterocycles. The standard InChI is InChI=1S/C12H17N3O2S/c1-9-6-10(4-5-13-18(3,16)17)12-11(7-9)8-15(2)14-12/h6-8,13H,4-5H2,1-3H3. The van der Waals surface area contributed by atoms with Crippen LogP contribution in [-0.4, -0.2) is 31.0 Å². The molecular formula is C12H17N3O2S. The molecule has 1 aromatic carbocycles. The summed E-state index contributed by atoms with van der Waals surface area (Å²) in [6.07, 6.45) is 3.78. The predicted octanol–water partition coefficient (Wildman–Crippen LogP) is 0.973. The Kier molecular flexibility index (Phi) is 3.41. The summed E-state index contributed by atoms with van der Waals surface area (Å²) in [6.45, 7) is 2.42. The molecule has 0 aliphatic rings. The zero-order valence-electron chi connectivity index (χ0n) is 10.8. The molecule has 0 unspecified atom stereocenters. The molecule has 6 heteroatoms. The van der Waals surface area contributed by atoms with Gasteiger partial charge in [-0.2, -0.15) is 5.10 Å². The van der Waals surface area contributed by atoms with E-state index in [1.54, 1.807) is 4.68 Å². The third-order valence-corrected chi connectivity index (χ3v) is 3.43. The highest BCUT2D eigenvalue weighted by atomic mass is 32.2. The van der Waals surface area contributed by atoms with Gasteiger partial charge in [0.05, 0.1) is 11.8 Å². The van der Waals surface area contributed by atoms with Gasteiger partial charge in [0.25, 0.3) is 0 Å². The molecule has 1 heterocycles. The second-order valence-corrected chi connectivity index (χ2v) is 6.41. The van der Waals surface area contributed by atoms with Crippen molar-refractivity contribution in [3.8, 4) is 0 Å². The van der Waals surface area contributed by atoms with Gasteiger partial charge in [-0.1, -0.05) is 11.6 Å². The van der Waals surface area contributed by atoms with Crippen molar-refractivity contribution in [3.63, 3.8) is 0 Å². The Morgan fingerprint density at radius 3 is 2.78 bits per heavy atom. The number of aryl methyl sites for hydroxylation is 2. The maximum absolute atomic E-state index is 11.0. The van der Waals surface area contributed by atoms with Gasteiger partial charge in [-0.05, 0) is 25.0 Å². The van der Waals surface area contributed by atoms with Crippen LogP contribution in [0.15, 0.2) is 18.3 Å². The van der Waals surface area contributed by atoms with Gasteiger partial charge in [0, 0.05) is 25.2 Å². The van der Waals surface area contributed by atoms with E-state index < -0.39 is 10.0 Å². The Hall–Kier alpha value is -1.40. The van der Waals surface area contributed by atoms with Crippen LogP contribution in [0, 0.1) is 6.92 Å². The van der Waals surface area contributed by atoms with Crippen LogP contribution < -0.4 is 4.72 Å². The van der Waals surface area contributed by atoms with E-state index in [-0.39, 0.29) is 0 Å². The normalized spacial score (nSPS) is 12.2. The van der Waals surface area contributed by atoms with Crippen molar-refractivity contribution >= 4 is 20.9 Å². The highest BCUT2D eigenvalue weighted by Crippen LogP contribution is 2.19. The molecule has 1 N–H and O–H groups in total. The summed E-state index contributed by atoms with van der Waals surface area (Å²) in [6, 6.07) is 4.13. The fraction of sp³-hybridized carbons (Fsp3) is 0.417. The summed E-state index contributed by atoms with van der Waals surface area (Å²) < 4.78 is 26.3. The number of aromatic nitrogens is 2. The average Bonchev–Trinajstić information content (AvgIpc) is 2.56. The largest absolute Gasteiger partial charge is 0.275 e. The van der Waals surface area contributed by atoms with E-state index in [2.05, 4.69) is 22.0 Å². The first kappa shape index (κ1) is 13.0. The van der Waals surface area contributed by atoms with Crippen LogP contribution in [0.1, 0.15) is 11.1 Å². The fourth-order valence-corrected chi connectivity index (χ4v) is 2.53. The minimum absolute atomic E-state index is 0.397. The van der Waals surface area contributed by atoms with Gasteiger partial charge in [-0.15, -0.1) is 0 Å². The second kappa shape index (κ2) is 4.70. The monoisotopic (exact) mass is 267 g/mol. The molecule has 1 aromatic heterocycles. The van der Waals surface area contributed by atoms with Crippen molar-refractivity contribution in [3.05, 3.63) is 29.5 Å². The average molecular weight is 267 g/mol. The van der Waals surface area contributed by atoms with Gasteiger partial charge in [0.1, 0.15) is 0 Å². The van der Waals surface area contributed by atoms with Gasteiger partial charge in [-0.3, -0.25) is 4.68 Å². The van der Waals surface area contributed by atoms with E-state index in [0.29, 0.717) is 13.0 Å². The SMILES string of the molecule is Cc1cc(CCNS(C)(=O)=O)c2nn(C)cc2c1. The highest BCUT2D eigenvalue weighted by molar-refractivity contribution is 7.88. The van der Waals surface area contributed by atoms with Crippen LogP contribution in [0.25, 0.3) is 10.9 Å². The first-order valence-corrected chi connectivity index (χ1v) is 7.62. The molecule has 0 aliphatic carbocycles. The van der Waals surface area contributed by atoms with Crippen molar-refractivity contribution in [1.82, 2.24) is 14.5 Å². The number of hydrogen-bond acceptors (Lipinski definition) is 3. The lowest BCUT2D eigenvalue weighted by Gasteiger charge is -2.05.